The van der Waals surface area contributed by atoms with Crippen molar-refractivity contribution in [1.29, 1.82) is 0 Å². The van der Waals surface area contributed by atoms with Crippen LogP contribution < -0.4 is 4.90 Å². The van der Waals surface area contributed by atoms with Crippen molar-refractivity contribution in [3.63, 3.8) is 0 Å². The number of ketones is 1. The van der Waals surface area contributed by atoms with Crippen LogP contribution in [0, 0.1) is 6.92 Å². The lowest BCUT2D eigenvalue weighted by Crippen LogP contribution is -2.41. The zero-order chi connectivity index (χ0) is 23.0. The van der Waals surface area contributed by atoms with Gasteiger partial charge in [-0.05, 0) is 60.5 Å². The molecule has 0 saturated carbocycles. The predicted molar refractivity (Wildman–Crippen MR) is 127 cm³/mol. The summed E-state index contributed by atoms with van der Waals surface area (Å²) in [7, 11) is 0. The average Bonchev–Trinajstić information content (AvgIpc) is 3.44. The molecule has 33 heavy (non-hydrogen) atoms. The molecule has 164 valence electrons. The molecule has 0 fully saturated rings. The van der Waals surface area contributed by atoms with Gasteiger partial charge >= 0.3 is 0 Å². The zero-order valence-corrected chi connectivity index (χ0v) is 18.3. The Morgan fingerprint density at radius 2 is 1.55 bits per heavy atom. The molecule has 1 atom stereocenters. The van der Waals surface area contributed by atoms with E-state index in [4.69, 9.17) is 0 Å². The first-order valence-electron chi connectivity index (χ1n) is 10.9. The van der Waals surface area contributed by atoms with Gasteiger partial charge in [-0.3, -0.25) is 9.59 Å². The summed E-state index contributed by atoms with van der Waals surface area (Å²) in [6.45, 7) is 2.33. The molecule has 0 aliphatic carbocycles. The molecular weight excluding hydrogens is 412 g/mol. The lowest BCUT2D eigenvalue weighted by molar-refractivity contribution is -0.136. The van der Waals surface area contributed by atoms with Crippen LogP contribution in [-0.4, -0.2) is 21.4 Å². The smallest absolute Gasteiger partial charge is 0.264 e. The number of hydrogen-bond acceptors (Lipinski definition) is 3. The molecule has 0 unspecified atom stereocenters. The third-order valence-electron chi connectivity index (χ3n) is 6.34. The van der Waals surface area contributed by atoms with E-state index in [1.807, 2.05) is 84.5 Å². The molecule has 5 heteroatoms. The van der Waals surface area contributed by atoms with Crippen LogP contribution in [0.4, 0.5) is 5.69 Å². The molecule has 0 radical (unpaired) electrons. The maximum Gasteiger partial charge on any atom is 0.264 e. The molecule has 0 bridgehead atoms. The molecule has 4 aromatic rings. The molecule has 2 heterocycles. The molecule has 1 aliphatic rings. The van der Waals surface area contributed by atoms with Gasteiger partial charge in [-0.1, -0.05) is 42.5 Å². The van der Waals surface area contributed by atoms with Crippen molar-refractivity contribution in [1.82, 2.24) is 4.57 Å². The van der Waals surface area contributed by atoms with E-state index < -0.39 is 11.5 Å². The number of aromatic nitrogens is 1. The van der Waals surface area contributed by atoms with Gasteiger partial charge in [-0.15, -0.1) is 0 Å². The fraction of sp³-hybridized carbons (Fsp3) is 0.143. The molecule has 3 aromatic carbocycles. The number of aryl methyl sites for hydroxylation is 1. The fourth-order valence-corrected chi connectivity index (χ4v) is 4.45. The van der Waals surface area contributed by atoms with Crippen LogP contribution in [0.3, 0.4) is 0 Å². The van der Waals surface area contributed by atoms with Crippen LogP contribution >= 0.6 is 0 Å². The van der Waals surface area contributed by atoms with Crippen LogP contribution in [0.5, 0.6) is 0 Å². The van der Waals surface area contributed by atoms with E-state index >= 15 is 0 Å². The fourth-order valence-electron chi connectivity index (χ4n) is 4.45. The summed E-state index contributed by atoms with van der Waals surface area (Å²) >= 11 is 0. The standard InChI is InChI=1S/C28H24N2O3/c1-20-8-2-3-9-22(20)19-30-25-11-5-4-10-24(25)28(33,27(30)32)18-26(31)21-12-14-23(15-13-21)29-16-6-7-17-29/h2-17,33H,18-19H2,1H3/t28-/m0/s1. The second-order valence-electron chi connectivity index (χ2n) is 8.43. The Bertz CT molecular complexity index is 1330. The Kier molecular flexibility index (Phi) is 5.19. The van der Waals surface area contributed by atoms with E-state index in [1.54, 1.807) is 29.2 Å². The molecule has 5 nitrogen and oxygen atoms in total. The highest BCUT2D eigenvalue weighted by Gasteiger charge is 2.50. The lowest BCUT2D eigenvalue weighted by Gasteiger charge is -2.23. The van der Waals surface area contributed by atoms with E-state index in [2.05, 4.69) is 0 Å². The van der Waals surface area contributed by atoms with E-state index in [-0.39, 0.29) is 12.2 Å². The highest BCUT2D eigenvalue weighted by atomic mass is 16.3. The van der Waals surface area contributed by atoms with Crippen LogP contribution in [0.1, 0.15) is 33.5 Å². The average molecular weight is 437 g/mol. The highest BCUT2D eigenvalue weighted by Crippen LogP contribution is 2.43. The van der Waals surface area contributed by atoms with Gasteiger partial charge in [-0.25, -0.2) is 0 Å². The van der Waals surface area contributed by atoms with Crippen molar-refractivity contribution >= 4 is 17.4 Å². The number of hydrogen-bond donors (Lipinski definition) is 1. The summed E-state index contributed by atoms with van der Waals surface area (Å²) in [4.78, 5) is 28.2. The minimum absolute atomic E-state index is 0.280. The molecule has 1 N–H and O–H groups in total. The summed E-state index contributed by atoms with van der Waals surface area (Å²) in [5.74, 6) is -0.748. The van der Waals surface area contributed by atoms with Crippen molar-refractivity contribution in [2.45, 2.75) is 25.5 Å². The number of Topliss-reactive ketones (excluding diaryl/α,β-unsaturated/α-hetero) is 1. The summed E-state index contributed by atoms with van der Waals surface area (Å²) < 4.78 is 1.95. The second-order valence-corrected chi connectivity index (χ2v) is 8.43. The third kappa shape index (κ3) is 3.66. The summed E-state index contributed by atoms with van der Waals surface area (Å²) in [5, 5.41) is 11.6. The van der Waals surface area contributed by atoms with Crippen molar-refractivity contribution in [3.05, 3.63) is 120 Å². The third-order valence-corrected chi connectivity index (χ3v) is 6.34. The van der Waals surface area contributed by atoms with Crippen LogP contribution in [-0.2, 0) is 16.9 Å². The first-order valence-corrected chi connectivity index (χ1v) is 10.9. The highest BCUT2D eigenvalue weighted by molar-refractivity contribution is 6.10. The van der Waals surface area contributed by atoms with Crippen molar-refractivity contribution < 1.29 is 14.7 Å². The van der Waals surface area contributed by atoms with E-state index in [0.29, 0.717) is 23.4 Å². The number of fused-ring (bicyclic) bond motifs is 1. The first-order chi connectivity index (χ1) is 16.0. The van der Waals surface area contributed by atoms with E-state index in [9.17, 15) is 14.7 Å². The molecule has 5 rings (SSSR count). The molecule has 0 spiro atoms. The zero-order valence-electron chi connectivity index (χ0n) is 18.3. The lowest BCUT2D eigenvalue weighted by atomic mass is 9.88. The van der Waals surface area contributed by atoms with Gasteiger partial charge in [0.2, 0.25) is 0 Å². The van der Waals surface area contributed by atoms with Gasteiger partial charge in [0.25, 0.3) is 5.91 Å². The maximum absolute atomic E-state index is 13.5. The number of para-hydroxylation sites is 1. The topological polar surface area (TPSA) is 62.5 Å². The minimum atomic E-state index is -1.89. The van der Waals surface area contributed by atoms with Crippen molar-refractivity contribution in [3.8, 4) is 5.69 Å². The maximum atomic E-state index is 13.5. The summed E-state index contributed by atoms with van der Waals surface area (Å²) in [5.41, 5.74) is 2.68. The predicted octanol–water partition coefficient (Wildman–Crippen LogP) is 4.79. The Hall–Kier alpha value is -3.96. The largest absolute Gasteiger partial charge is 0.375 e. The van der Waals surface area contributed by atoms with Crippen molar-refractivity contribution in [2.75, 3.05) is 4.90 Å². The monoisotopic (exact) mass is 436 g/mol. The van der Waals surface area contributed by atoms with Gasteiger partial charge in [0, 0.05) is 29.2 Å². The van der Waals surface area contributed by atoms with Gasteiger partial charge in [0.15, 0.2) is 11.4 Å². The number of amides is 1. The van der Waals surface area contributed by atoms with E-state index in [1.165, 1.54) is 0 Å². The molecule has 0 saturated heterocycles. The Morgan fingerprint density at radius 3 is 2.27 bits per heavy atom. The quantitative estimate of drug-likeness (QED) is 0.442. The van der Waals surface area contributed by atoms with Crippen LogP contribution in [0.25, 0.3) is 5.69 Å². The van der Waals surface area contributed by atoms with Gasteiger partial charge < -0.3 is 14.6 Å². The number of aliphatic hydroxyl groups is 1. The van der Waals surface area contributed by atoms with Crippen LogP contribution in [0.15, 0.2) is 97.3 Å². The SMILES string of the molecule is Cc1ccccc1CN1C(=O)[C@](O)(CC(=O)c2ccc(-n3cccc3)cc2)c2ccccc21. The van der Waals surface area contributed by atoms with Crippen molar-refractivity contribution in [2.24, 2.45) is 0 Å². The van der Waals surface area contributed by atoms with Gasteiger partial charge in [0.05, 0.1) is 18.7 Å². The molecule has 1 amide bonds. The normalized spacial score (nSPS) is 17.3. The Labute approximate surface area is 192 Å². The minimum Gasteiger partial charge on any atom is -0.375 e. The molecule has 1 aromatic heterocycles. The summed E-state index contributed by atoms with van der Waals surface area (Å²) in [6, 6.07) is 26.1. The molecular formula is C28H24N2O3. The first kappa shape index (κ1) is 20.9. The Morgan fingerprint density at radius 1 is 0.879 bits per heavy atom. The number of anilines is 1. The number of carbonyl (C=O) groups excluding carboxylic acids is 2. The van der Waals surface area contributed by atoms with E-state index in [0.717, 1.165) is 16.8 Å². The number of benzene rings is 3. The summed E-state index contributed by atoms with van der Waals surface area (Å²) in [6.07, 6.45) is 3.55. The second kappa shape index (κ2) is 8.19. The van der Waals surface area contributed by atoms with Crippen LogP contribution in [0.2, 0.25) is 0 Å². The Balaban J connectivity index is 1.43. The number of nitrogens with zero attached hydrogens (tertiary/aromatic N) is 2. The number of rotatable bonds is 6. The van der Waals surface area contributed by atoms with Gasteiger partial charge in [-0.2, -0.15) is 0 Å². The van der Waals surface area contributed by atoms with Gasteiger partial charge in [0.1, 0.15) is 0 Å². The number of carbonyl (C=O) groups is 2. The molecule has 1 aliphatic heterocycles.